The first-order valence-electron chi connectivity index (χ1n) is 14.1. The van der Waals surface area contributed by atoms with Gasteiger partial charge in [0.05, 0.1) is 24.5 Å². The molecular weight excluding hydrogens is 586 g/mol. The monoisotopic (exact) mass is 619 g/mol. The van der Waals surface area contributed by atoms with E-state index in [1.54, 1.807) is 6.07 Å². The predicted octanol–water partition coefficient (Wildman–Crippen LogP) is -0.690. The first kappa shape index (κ1) is 31.2. The van der Waals surface area contributed by atoms with Crippen molar-refractivity contribution in [1.82, 2.24) is 5.32 Å². The number of aliphatic carboxylic acids is 2. The molecule has 1 amide bonds. The van der Waals surface area contributed by atoms with Crippen LogP contribution in [0, 0.1) is 5.92 Å². The van der Waals surface area contributed by atoms with Crippen molar-refractivity contribution in [1.29, 1.82) is 0 Å². The first-order valence-corrected chi connectivity index (χ1v) is 14.1. The fourth-order valence-electron chi connectivity index (χ4n) is 7.08. The Hall–Kier alpha value is -4.21. The van der Waals surface area contributed by atoms with E-state index in [2.05, 4.69) is 0 Å². The zero-order valence-electron chi connectivity index (χ0n) is 23.8. The molecule has 0 aromatic heterocycles. The van der Waals surface area contributed by atoms with Crippen LogP contribution in [-0.4, -0.2) is 98.5 Å². The highest BCUT2D eigenvalue weighted by Crippen LogP contribution is 2.67. The second-order valence-electron chi connectivity index (χ2n) is 11.5. The van der Waals surface area contributed by atoms with Gasteiger partial charge in [-0.25, -0.2) is 14.4 Å². The molecule has 44 heavy (non-hydrogen) atoms. The van der Waals surface area contributed by atoms with Gasteiger partial charge in [-0.3, -0.25) is 9.59 Å². The number of carbonyl (C=O) groups is 5. The topological polar surface area (TPSA) is 235 Å². The molecule has 4 aliphatic rings. The fourth-order valence-corrected chi connectivity index (χ4v) is 7.08. The number of carbonyl (C=O) groups excluding carboxylic acids is 3. The van der Waals surface area contributed by atoms with E-state index in [1.165, 1.54) is 13.2 Å². The van der Waals surface area contributed by atoms with E-state index >= 15 is 0 Å². The number of amides is 1. The van der Waals surface area contributed by atoms with Crippen LogP contribution < -0.4 is 14.8 Å². The van der Waals surface area contributed by atoms with Crippen molar-refractivity contribution in [2.24, 2.45) is 5.92 Å². The van der Waals surface area contributed by atoms with Gasteiger partial charge in [-0.1, -0.05) is 12.5 Å². The smallest absolute Gasteiger partial charge is 0.343 e. The van der Waals surface area contributed by atoms with Crippen LogP contribution in [0.15, 0.2) is 24.0 Å². The minimum absolute atomic E-state index is 0.0167. The van der Waals surface area contributed by atoms with E-state index < -0.39 is 77.7 Å². The van der Waals surface area contributed by atoms with Crippen molar-refractivity contribution in [3.8, 4) is 11.5 Å². The van der Waals surface area contributed by atoms with Crippen LogP contribution in [0.1, 0.15) is 50.2 Å². The average Bonchev–Trinajstić information content (AvgIpc) is 3.32. The largest absolute Gasteiger partial charge is 0.493 e. The van der Waals surface area contributed by atoms with E-state index in [9.17, 15) is 39.3 Å². The lowest BCUT2D eigenvalue weighted by Crippen LogP contribution is -2.67. The molecule has 1 fully saturated rings. The second-order valence-corrected chi connectivity index (χ2v) is 11.5. The Labute approximate surface area is 250 Å². The molecule has 1 saturated carbocycles. The van der Waals surface area contributed by atoms with Crippen molar-refractivity contribution >= 4 is 29.8 Å². The van der Waals surface area contributed by atoms with Gasteiger partial charge in [0.25, 0.3) is 5.91 Å². The van der Waals surface area contributed by atoms with Crippen LogP contribution in [0.4, 0.5) is 0 Å². The minimum Gasteiger partial charge on any atom is -0.493 e. The standard InChI is InChI=1S/C29H33NO14/c1-12(24(35)30-15(25(36)37)11-18(31)32)42-26(38)20(33)21(34)27(39)43-17-7-9-29(40)14-4-3-8-28(29)19-13(10-14)5-6-16(41-2)22(19)44-23(17)28/h5-7,12,14-15,20-21,23,33-34,40H,3-4,8-11H2,1-2H3,(H,30,35)(H,31,32)(H,36,37)/t12-,14-,15+,20+,21+,23+,28+,29-/m0/s1. The summed E-state index contributed by atoms with van der Waals surface area (Å²) in [5.74, 6) is -6.59. The zero-order chi connectivity index (χ0) is 32.1. The molecule has 0 unspecified atom stereocenters. The van der Waals surface area contributed by atoms with Crippen molar-refractivity contribution in [2.45, 2.75) is 86.9 Å². The summed E-state index contributed by atoms with van der Waals surface area (Å²) in [5, 5.41) is 52.7. The van der Waals surface area contributed by atoms with Gasteiger partial charge in [0.1, 0.15) is 11.8 Å². The fraction of sp³-hybridized carbons (Fsp3) is 0.552. The van der Waals surface area contributed by atoms with Crippen LogP contribution in [0.3, 0.4) is 0 Å². The van der Waals surface area contributed by atoms with Crippen molar-refractivity contribution in [2.75, 3.05) is 7.11 Å². The van der Waals surface area contributed by atoms with Gasteiger partial charge in [0.2, 0.25) is 0 Å². The van der Waals surface area contributed by atoms with Gasteiger partial charge < -0.3 is 49.8 Å². The summed E-state index contributed by atoms with van der Waals surface area (Å²) >= 11 is 0. The SMILES string of the molecule is COc1ccc2c3c1O[C@@H]1C(OC(=O)[C@H](O)[C@@H](O)C(=O)O[C@@H](C)C(=O)N[C@H](CC(=O)O)C(=O)O)=CC[C@]4(O)[C@@H](CCC[C@@]314)C2. The minimum atomic E-state index is -2.51. The quantitative estimate of drug-likeness (QED) is 0.168. The number of hydrogen-bond acceptors (Lipinski definition) is 12. The number of ether oxygens (including phenoxy) is 4. The first-order chi connectivity index (χ1) is 20.7. The van der Waals surface area contributed by atoms with Crippen molar-refractivity contribution < 1.29 is 68.5 Å². The summed E-state index contributed by atoms with van der Waals surface area (Å²) in [6.45, 7) is 1.01. The molecule has 3 aliphatic carbocycles. The van der Waals surface area contributed by atoms with Crippen LogP contribution in [0.5, 0.6) is 11.5 Å². The summed E-state index contributed by atoms with van der Waals surface area (Å²) in [6.07, 6.45) is -4.23. The molecule has 2 bridgehead atoms. The second kappa shape index (κ2) is 11.4. The third-order valence-corrected chi connectivity index (χ3v) is 9.12. The predicted molar refractivity (Wildman–Crippen MR) is 143 cm³/mol. The maximum atomic E-state index is 13.0. The summed E-state index contributed by atoms with van der Waals surface area (Å²) in [4.78, 5) is 59.7. The Morgan fingerprint density at radius 1 is 1.11 bits per heavy atom. The Balaban J connectivity index is 1.29. The Bertz CT molecular complexity index is 1440. The van der Waals surface area contributed by atoms with Gasteiger partial charge in [0.15, 0.2) is 35.9 Å². The third-order valence-electron chi connectivity index (χ3n) is 9.12. The van der Waals surface area contributed by atoms with Crippen LogP contribution in [0.2, 0.25) is 0 Å². The molecular formula is C29H33NO14. The number of methoxy groups -OCH3 is 1. The number of aliphatic hydroxyl groups excluding tert-OH is 2. The maximum absolute atomic E-state index is 13.0. The highest BCUT2D eigenvalue weighted by Gasteiger charge is 2.71. The maximum Gasteiger partial charge on any atom is 0.343 e. The van der Waals surface area contributed by atoms with Gasteiger partial charge in [-0.05, 0) is 56.2 Å². The molecule has 0 saturated heterocycles. The summed E-state index contributed by atoms with van der Waals surface area (Å²) in [7, 11) is 1.48. The lowest BCUT2D eigenvalue weighted by Gasteiger charge is -2.59. The molecule has 15 nitrogen and oxygen atoms in total. The molecule has 15 heteroatoms. The molecule has 0 radical (unpaired) electrons. The van der Waals surface area contributed by atoms with E-state index in [1.807, 2.05) is 11.4 Å². The summed E-state index contributed by atoms with van der Waals surface area (Å²) in [5.41, 5.74) is -0.359. The van der Waals surface area contributed by atoms with Gasteiger partial charge in [-0.2, -0.15) is 0 Å². The number of carboxylic acids is 2. The Morgan fingerprint density at radius 2 is 1.82 bits per heavy atom. The van der Waals surface area contributed by atoms with E-state index in [0.29, 0.717) is 24.3 Å². The molecule has 1 aliphatic heterocycles. The van der Waals surface area contributed by atoms with E-state index in [-0.39, 0.29) is 18.1 Å². The number of rotatable bonds is 11. The highest BCUT2D eigenvalue weighted by atomic mass is 16.6. The molecule has 1 heterocycles. The van der Waals surface area contributed by atoms with Crippen molar-refractivity contribution in [3.05, 3.63) is 35.1 Å². The zero-order valence-corrected chi connectivity index (χ0v) is 23.8. The van der Waals surface area contributed by atoms with Crippen LogP contribution in [-0.2, 0) is 45.3 Å². The highest BCUT2D eigenvalue weighted by molar-refractivity contribution is 5.91. The molecule has 1 aromatic carbocycles. The normalized spacial score (nSPS) is 28.5. The molecule has 1 spiro atoms. The number of aliphatic hydroxyl groups is 3. The molecule has 1 aromatic rings. The van der Waals surface area contributed by atoms with Crippen LogP contribution >= 0.6 is 0 Å². The number of esters is 2. The lowest BCUT2D eigenvalue weighted by molar-refractivity contribution is -0.179. The van der Waals surface area contributed by atoms with Gasteiger partial charge in [0, 0.05) is 5.56 Å². The molecule has 6 N–H and O–H groups in total. The van der Waals surface area contributed by atoms with E-state index in [0.717, 1.165) is 30.9 Å². The van der Waals surface area contributed by atoms with E-state index in [4.69, 9.17) is 29.2 Å². The Kier molecular flexibility index (Phi) is 8.07. The number of nitrogens with one attached hydrogen (secondary N) is 1. The molecule has 238 valence electrons. The molecule has 8 atom stereocenters. The summed E-state index contributed by atoms with van der Waals surface area (Å²) < 4.78 is 22.1. The van der Waals surface area contributed by atoms with Crippen LogP contribution in [0.25, 0.3) is 0 Å². The lowest BCUT2D eigenvalue weighted by atomic mass is 9.47. The van der Waals surface area contributed by atoms with Gasteiger partial charge >= 0.3 is 23.9 Å². The van der Waals surface area contributed by atoms with Gasteiger partial charge in [-0.15, -0.1) is 0 Å². The number of hydrogen-bond donors (Lipinski definition) is 6. The van der Waals surface area contributed by atoms with Crippen molar-refractivity contribution in [3.63, 3.8) is 0 Å². The third kappa shape index (κ3) is 4.84. The molecule has 5 rings (SSSR count). The number of carboxylic acid groups (broad SMARTS) is 2. The number of benzene rings is 1. The Morgan fingerprint density at radius 3 is 2.48 bits per heavy atom. The average molecular weight is 620 g/mol. The summed E-state index contributed by atoms with van der Waals surface area (Å²) in [6, 6.07) is 1.89.